The second-order valence-electron chi connectivity index (χ2n) is 6.96. The Bertz CT molecular complexity index is 927. The van der Waals surface area contributed by atoms with Crippen LogP contribution in [0.15, 0.2) is 18.2 Å². The molecule has 0 spiro atoms. The van der Waals surface area contributed by atoms with Gasteiger partial charge in [0.25, 0.3) is 0 Å². The number of morpholine rings is 1. The van der Waals surface area contributed by atoms with E-state index in [-0.39, 0.29) is 37.1 Å². The molecule has 0 aliphatic carbocycles. The van der Waals surface area contributed by atoms with Gasteiger partial charge in [0.2, 0.25) is 17.7 Å². The van der Waals surface area contributed by atoms with Crippen molar-refractivity contribution in [1.29, 1.82) is 0 Å². The first-order valence-corrected chi connectivity index (χ1v) is 10.7. The largest absolute Gasteiger partial charge is 0.379 e. The molecule has 3 amide bonds. The number of para-hydroxylation sites is 1. The lowest BCUT2D eigenvalue weighted by molar-refractivity contribution is -0.141. The van der Waals surface area contributed by atoms with E-state index >= 15 is 0 Å². The van der Waals surface area contributed by atoms with E-state index in [0.29, 0.717) is 42.0 Å². The number of imide groups is 1. The fraction of sp³-hybridized carbons (Fsp3) is 0.474. The van der Waals surface area contributed by atoms with Gasteiger partial charge in [-0.25, -0.2) is 4.98 Å². The van der Waals surface area contributed by atoms with Crippen molar-refractivity contribution in [3.05, 3.63) is 23.2 Å². The summed E-state index contributed by atoms with van der Waals surface area (Å²) in [4.78, 5) is 46.4. The van der Waals surface area contributed by atoms with Crippen molar-refractivity contribution in [1.82, 2.24) is 14.8 Å². The zero-order valence-corrected chi connectivity index (χ0v) is 17.4. The fourth-order valence-electron chi connectivity index (χ4n) is 3.43. The van der Waals surface area contributed by atoms with Crippen LogP contribution in [0.1, 0.15) is 12.8 Å². The molecule has 0 atom stereocenters. The van der Waals surface area contributed by atoms with E-state index in [0.717, 1.165) is 22.7 Å². The first-order valence-electron chi connectivity index (χ1n) is 9.51. The molecule has 2 aromatic rings. The van der Waals surface area contributed by atoms with Crippen molar-refractivity contribution < 1.29 is 19.1 Å². The third kappa shape index (κ3) is 4.42. The number of likely N-dealkylation sites (tertiary alicyclic amines) is 1. The lowest BCUT2D eigenvalue weighted by atomic mass is 10.3. The Labute approximate surface area is 177 Å². The monoisotopic (exact) mass is 436 g/mol. The molecule has 2 fully saturated rings. The number of amides is 3. The number of rotatable bonds is 6. The summed E-state index contributed by atoms with van der Waals surface area (Å²) in [5, 5.41) is 1.04. The second-order valence-corrected chi connectivity index (χ2v) is 8.37. The average molecular weight is 437 g/mol. The molecule has 0 radical (unpaired) electrons. The highest BCUT2D eigenvalue weighted by molar-refractivity contribution is 7.22. The summed E-state index contributed by atoms with van der Waals surface area (Å²) in [6.45, 7) is 3.74. The molecule has 2 aliphatic rings. The molecule has 0 saturated carbocycles. The van der Waals surface area contributed by atoms with Crippen LogP contribution in [0.4, 0.5) is 5.13 Å². The number of hydrogen-bond acceptors (Lipinski definition) is 7. The van der Waals surface area contributed by atoms with Gasteiger partial charge in [-0.3, -0.25) is 29.1 Å². The number of carbonyl (C=O) groups is 3. The highest BCUT2D eigenvalue weighted by atomic mass is 35.5. The van der Waals surface area contributed by atoms with Gasteiger partial charge in [-0.05, 0) is 12.1 Å². The summed E-state index contributed by atoms with van der Waals surface area (Å²) < 4.78 is 6.25. The van der Waals surface area contributed by atoms with Crippen molar-refractivity contribution in [2.24, 2.45) is 0 Å². The number of hydrogen-bond donors (Lipinski definition) is 0. The van der Waals surface area contributed by atoms with Crippen LogP contribution >= 0.6 is 22.9 Å². The first-order chi connectivity index (χ1) is 14.0. The minimum absolute atomic E-state index is 0.163. The molecule has 1 aromatic heterocycles. The average Bonchev–Trinajstić information content (AvgIpc) is 3.28. The predicted octanol–water partition coefficient (Wildman–Crippen LogP) is 1.76. The molecule has 1 aromatic carbocycles. The molecular formula is C19H21ClN4O4S. The van der Waals surface area contributed by atoms with Gasteiger partial charge in [0, 0.05) is 39.0 Å². The van der Waals surface area contributed by atoms with Crippen LogP contribution < -0.4 is 4.90 Å². The SMILES string of the molecule is O=C1CCC(=O)N1CC(=O)N(CCN1CCOCC1)c1nc2c(Cl)cccc2s1. The second kappa shape index (κ2) is 8.74. The van der Waals surface area contributed by atoms with Crippen LogP contribution in [0.25, 0.3) is 10.2 Å². The number of fused-ring (bicyclic) bond motifs is 1. The summed E-state index contributed by atoms with van der Waals surface area (Å²) in [7, 11) is 0. The maximum atomic E-state index is 13.1. The Morgan fingerprint density at radius 2 is 1.93 bits per heavy atom. The van der Waals surface area contributed by atoms with E-state index in [4.69, 9.17) is 16.3 Å². The summed E-state index contributed by atoms with van der Waals surface area (Å²) in [5.74, 6) is -0.926. The number of halogens is 1. The molecular weight excluding hydrogens is 416 g/mol. The van der Waals surface area contributed by atoms with Gasteiger partial charge in [-0.15, -0.1) is 0 Å². The van der Waals surface area contributed by atoms with Crippen LogP contribution in [-0.2, 0) is 19.1 Å². The molecule has 4 rings (SSSR count). The van der Waals surface area contributed by atoms with Crippen LogP contribution in [0.3, 0.4) is 0 Å². The number of benzene rings is 1. The zero-order valence-electron chi connectivity index (χ0n) is 15.8. The summed E-state index contributed by atoms with van der Waals surface area (Å²) in [5.41, 5.74) is 0.645. The van der Waals surface area contributed by atoms with Gasteiger partial charge in [-0.1, -0.05) is 29.0 Å². The van der Waals surface area contributed by atoms with E-state index in [1.807, 2.05) is 12.1 Å². The van der Waals surface area contributed by atoms with Gasteiger partial charge in [-0.2, -0.15) is 0 Å². The Morgan fingerprint density at radius 3 is 2.62 bits per heavy atom. The van der Waals surface area contributed by atoms with Crippen LogP contribution in [-0.4, -0.2) is 78.4 Å². The van der Waals surface area contributed by atoms with Gasteiger partial charge < -0.3 is 4.74 Å². The van der Waals surface area contributed by atoms with Crippen molar-refractivity contribution in [3.63, 3.8) is 0 Å². The topological polar surface area (TPSA) is 83.1 Å². The van der Waals surface area contributed by atoms with Crippen molar-refractivity contribution in [2.45, 2.75) is 12.8 Å². The van der Waals surface area contributed by atoms with E-state index in [2.05, 4.69) is 9.88 Å². The smallest absolute Gasteiger partial charge is 0.248 e. The van der Waals surface area contributed by atoms with Crippen LogP contribution in [0.5, 0.6) is 0 Å². The van der Waals surface area contributed by atoms with Crippen molar-refractivity contribution in [2.75, 3.05) is 50.8 Å². The minimum Gasteiger partial charge on any atom is -0.379 e. The van der Waals surface area contributed by atoms with Crippen molar-refractivity contribution in [3.8, 4) is 0 Å². The summed E-state index contributed by atoms with van der Waals surface area (Å²) in [6.07, 6.45) is 0.327. The summed E-state index contributed by atoms with van der Waals surface area (Å²) in [6, 6.07) is 5.50. The van der Waals surface area contributed by atoms with Gasteiger partial charge >= 0.3 is 0 Å². The quantitative estimate of drug-likeness (QED) is 0.642. The van der Waals surface area contributed by atoms with Crippen LogP contribution in [0, 0.1) is 0 Å². The van der Waals surface area contributed by atoms with Gasteiger partial charge in [0.15, 0.2) is 5.13 Å². The Kier molecular flexibility index (Phi) is 6.09. The molecule has 8 nitrogen and oxygen atoms in total. The molecule has 0 N–H and O–H groups in total. The van der Waals surface area contributed by atoms with E-state index < -0.39 is 0 Å². The lowest BCUT2D eigenvalue weighted by Crippen LogP contribution is -2.47. The van der Waals surface area contributed by atoms with E-state index in [1.54, 1.807) is 11.0 Å². The maximum Gasteiger partial charge on any atom is 0.248 e. The fourth-order valence-corrected chi connectivity index (χ4v) is 4.74. The van der Waals surface area contributed by atoms with Gasteiger partial charge in [0.05, 0.1) is 22.9 Å². The highest BCUT2D eigenvalue weighted by Crippen LogP contribution is 2.33. The molecule has 29 heavy (non-hydrogen) atoms. The third-order valence-corrected chi connectivity index (χ3v) is 6.43. The number of anilines is 1. The van der Waals surface area contributed by atoms with Crippen molar-refractivity contribution >= 4 is 56.0 Å². The maximum absolute atomic E-state index is 13.1. The molecule has 2 saturated heterocycles. The molecule has 3 heterocycles. The number of carbonyl (C=O) groups excluding carboxylic acids is 3. The number of thiazole rings is 1. The van der Waals surface area contributed by atoms with E-state index in [9.17, 15) is 14.4 Å². The lowest BCUT2D eigenvalue weighted by Gasteiger charge is -2.29. The van der Waals surface area contributed by atoms with E-state index in [1.165, 1.54) is 11.3 Å². The zero-order chi connectivity index (χ0) is 20.4. The number of nitrogens with zero attached hydrogens (tertiary/aromatic N) is 4. The molecule has 0 unspecified atom stereocenters. The van der Waals surface area contributed by atoms with Crippen LogP contribution in [0.2, 0.25) is 5.02 Å². The Morgan fingerprint density at radius 1 is 1.21 bits per heavy atom. The predicted molar refractivity (Wildman–Crippen MR) is 110 cm³/mol. The normalized spacial score (nSPS) is 18.0. The first kappa shape index (κ1) is 20.2. The molecule has 10 heteroatoms. The minimum atomic E-state index is -0.322. The molecule has 0 bridgehead atoms. The Balaban J connectivity index is 1.56. The standard InChI is InChI=1S/C19H21ClN4O4S/c20-13-2-1-3-14-18(13)21-19(29-14)23(7-6-22-8-10-28-11-9-22)17(27)12-24-15(25)4-5-16(24)26/h1-3H,4-12H2. The number of ether oxygens (including phenoxy) is 1. The highest BCUT2D eigenvalue weighted by Gasteiger charge is 2.33. The molecule has 154 valence electrons. The molecule has 2 aliphatic heterocycles. The Hall–Kier alpha value is -2.07. The third-order valence-electron chi connectivity index (χ3n) is 5.08. The van der Waals surface area contributed by atoms with Gasteiger partial charge in [0.1, 0.15) is 12.1 Å². The summed E-state index contributed by atoms with van der Waals surface area (Å²) >= 11 is 7.62. The number of aromatic nitrogens is 1.